The number of rotatable bonds is 3. The summed E-state index contributed by atoms with van der Waals surface area (Å²) >= 11 is 3.08. The van der Waals surface area contributed by atoms with Gasteiger partial charge in [-0.25, -0.2) is 12.8 Å². The molecule has 0 radical (unpaired) electrons. The smallest absolute Gasteiger partial charge is 0.265 e. The van der Waals surface area contributed by atoms with Crippen LogP contribution >= 0.6 is 15.9 Å². The molecule has 0 atom stereocenters. The van der Waals surface area contributed by atoms with Crippen molar-refractivity contribution in [2.24, 2.45) is 0 Å². The van der Waals surface area contributed by atoms with Crippen LogP contribution in [0.2, 0.25) is 0 Å². The van der Waals surface area contributed by atoms with Gasteiger partial charge in [0.2, 0.25) is 0 Å². The predicted molar refractivity (Wildman–Crippen MR) is 85.3 cm³/mol. The molecule has 2 rings (SSSR count). The van der Waals surface area contributed by atoms with Gasteiger partial charge in [0.05, 0.1) is 11.4 Å². The summed E-state index contributed by atoms with van der Waals surface area (Å²) in [6.07, 6.45) is 0. The third kappa shape index (κ3) is 2.89. The van der Waals surface area contributed by atoms with Gasteiger partial charge in [-0.05, 0) is 46.6 Å². The van der Waals surface area contributed by atoms with Crippen LogP contribution in [0.15, 0.2) is 45.8 Å². The first kappa shape index (κ1) is 15.8. The number of nitrogens with two attached hydrogens (primary N) is 1. The minimum Gasteiger partial charge on any atom is -0.396 e. The molecule has 0 aliphatic carbocycles. The number of aryl methyl sites for hydroxylation is 1. The Morgan fingerprint density at radius 2 is 1.86 bits per heavy atom. The molecule has 0 bridgehead atoms. The van der Waals surface area contributed by atoms with E-state index in [-0.39, 0.29) is 15.1 Å². The van der Waals surface area contributed by atoms with Crippen LogP contribution in [0.25, 0.3) is 0 Å². The first-order valence-corrected chi connectivity index (χ1v) is 8.27. The number of halogens is 2. The number of anilines is 2. The zero-order chi connectivity index (χ0) is 15.8. The number of nitrogens with zero attached hydrogens (tertiary/aromatic N) is 1. The highest BCUT2D eigenvalue weighted by Crippen LogP contribution is 2.31. The molecule has 0 unspecified atom stereocenters. The van der Waals surface area contributed by atoms with E-state index >= 15 is 0 Å². The molecule has 0 saturated carbocycles. The maximum absolute atomic E-state index is 13.4. The Balaban J connectivity index is 2.58. The summed E-state index contributed by atoms with van der Waals surface area (Å²) in [5.41, 5.74) is 6.63. The second kappa shape index (κ2) is 5.65. The lowest BCUT2D eigenvalue weighted by Gasteiger charge is -2.22. The lowest BCUT2D eigenvalue weighted by molar-refractivity contribution is 0.592. The van der Waals surface area contributed by atoms with Crippen molar-refractivity contribution in [3.8, 4) is 0 Å². The fraction of sp³-hybridized carbons (Fsp3) is 0.143. The van der Waals surface area contributed by atoms with Gasteiger partial charge in [-0.2, -0.15) is 0 Å². The van der Waals surface area contributed by atoms with Gasteiger partial charge < -0.3 is 5.73 Å². The summed E-state index contributed by atoms with van der Waals surface area (Å²) in [4.78, 5) is -0.0767. The largest absolute Gasteiger partial charge is 0.396 e. The average Bonchev–Trinajstić information content (AvgIpc) is 2.42. The zero-order valence-electron chi connectivity index (χ0n) is 11.5. The first-order valence-electron chi connectivity index (χ1n) is 6.04. The third-order valence-corrected chi connectivity index (χ3v) is 5.87. The van der Waals surface area contributed by atoms with Crippen LogP contribution in [0.1, 0.15) is 5.56 Å². The molecule has 4 nitrogen and oxygen atoms in total. The molecule has 0 heterocycles. The summed E-state index contributed by atoms with van der Waals surface area (Å²) in [7, 11) is -2.40. The summed E-state index contributed by atoms with van der Waals surface area (Å²) in [5.74, 6) is -0.667. The van der Waals surface area contributed by atoms with Crippen LogP contribution in [0.3, 0.4) is 0 Å². The van der Waals surface area contributed by atoms with Gasteiger partial charge in [-0.15, -0.1) is 0 Å². The van der Waals surface area contributed by atoms with E-state index in [1.165, 1.54) is 7.05 Å². The van der Waals surface area contributed by atoms with E-state index in [0.717, 1.165) is 22.0 Å². The van der Waals surface area contributed by atoms with Gasteiger partial charge in [0.1, 0.15) is 10.7 Å². The highest BCUT2D eigenvalue weighted by Gasteiger charge is 2.26. The standard InChI is InChI=1S/C14H14BrFN2O2S/c1-9-5-3-4-6-13(9)18(2)21(19,20)14-8-12(17)11(16)7-10(14)15/h3-8H,17H2,1-2H3. The zero-order valence-corrected chi connectivity index (χ0v) is 13.9. The van der Waals surface area contributed by atoms with E-state index in [0.29, 0.717) is 5.69 Å². The lowest BCUT2D eigenvalue weighted by atomic mass is 10.2. The maximum Gasteiger partial charge on any atom is 0.265 e. The Labute approximate surface area is 131 Å². The summed E-state index contributed by atoms with van der Waals surface area (Å²) in [5, 5.41) is 0. The fourth-order valence-electron chi connectivity index (χ4n) is 1.94. The van der Waals surface area contributed by atoms with Crippen molar-refractivity contribution in [2.75, 3.05) is 17.1 Å². The molecule has 0 fully saturated rings. The second-order valence-electron chi connectivity index (χ2n) is 4.56. The van der Waals surface area contributed by atoms with Gasteiger partial charge in [-0.1, -0.05) is 18.2 Å². The molecule has 2 aromatic rings. The van der Waals surface area contributed by atoms with Gasteiger partial charge in [0.25, 0.3) is 10.0 Å². The van der Waals surface area contributed by atoms with Gasteiger partial charge in [-0.3, -0.25) is 4.31 Å². The molecule has 0 aliphatic heterocycles. The van der Waals surface area contributed by atoms with Crippen LogP contribution in [-0.2, 0) is 10.0 Å². The van der Waals surface area contributed by atoms with Crippen molar-refractivity contribution in [1.82, 2.24) is 0 Å². The number of benzene rings is 2. The minimum absolute atomic E-state index is 0.0767. The molecule has 7 heteroatoms. The van der Waals surface area contributed by atoms with Crippen LogP contribution in [-0.4, -0.2) is 15.5 Å². The predicted octanol–water partition coefficient (Wildman–Crippen LogP) is 3.30. The quantitative estimate of drug-likeness (QED) is 0.840. The summed E-state index contributed by atoms with van der Waals surface area (Å²) < 4.78 is 40.0. The molecule has 0 aliphatic rings. The monoisotopic (exact) mass is 372 g/mol. The van der Waals surface area contributed by atoms with Gasteiger partial charge >= 0.3 is 0 Å². The van der Waals surface area contributed by atoms with Crippen LogP contribution < -0.4 is 10.0 Å². The van der Waals surface area contributed by atoms with E-state index < -0.39 is 15.8 Å². The fourth-order valence-corrected chi connectivity index (χ4v) is 4.21. The molecular formula is C14H14BrFN2O2S. The van der Waals surface area contributed by atoms with Crippen molar-refractivity contribution < 1.29 is 12.8 Å². The highest BCUT2D eigenvalue weighted by atomic mass is 79.9. The van der Waals surface area contributed by atoms with E-state index in [9.17, 15) is 12.8 Å². The Morgan fingerprint density at radius 1 is 1.24 bits per heavy atom. The molecule has 0 spiro atoms. The molecule has 0 aromatic heterocycles. The molecular weight excluding hydrogens is 359 g/mol. The number of para-hydroxylation sites is 1. The maximum atomic E-state index is 13.4. The van der Waals surface area contributed by atoms with Crippen LogP contribution in [0.4, 0.5) is 15.8 Å². The highest BCUT2D eigenvalue weighted by molar-refractivity contribution is 9.10. The Bertz CT molecular complexity index is 794. The van der Waals surface area contributed by atoms with E-state index in [2.05, 4.69) is 15.9 Å². The number of hydrogen-bond acceptors (Lipinski definition) is 3. The molecule has 2 aromatic carbocycles. The summed E-state index contributed by atoms with van der Waals surface area (Å²) in [6.45, 7) is 1.81. The molecule has 0 amide bonds. The lowest BCUT2D eigenvalue weighted by Crippen LogP contribution is -2.27. The molecule has 0 saturated heterocycles. The van der Waals surface area contributed by atoms with Crippen LogP contribution in [0, 0.1) is 12.7 Å². The van der Waals surface area contributed by atoms with Crippen molar-refractivity contribution in [2.45, 2.75) is 11.8 Å². The van der Waals surface area contributed by atoms with E-state index in [1.807, 2.05) is 19.1 Å². The average molecular weight is 373 g/mol. The Kier molecular flexibility index (Phi) is 4.25. The van der Waals surface area contributed by atoms with Crippen molar-refractivity contribution in [3.05, 3.63) is 52.3 Å². The number of hydrogen-bond donors (Lipinski definition) is 1. The SMILES string of the molecule is Cc1ccccc1N(C)S(=O)(=O)c1cc(N)c(F)cc1Br. The first-order chi connectivity index (χ1) is 9.75. The topological polar surface area (TPSA) is 63.4 Å². The Morgan fingerprint density at radius 3 is 2.48 bits per heavy atom. The van der Waals surface area contributed by atoms with Crippen molar-refractivity contribution in [1.29, 1.82) is 0 Å². The van der Waals surface area contributed by atoms with Crippen molar-refractivity contribution >= 4 is 37.3 Å². The number of sulfonamides is 1. The Hall–Kier alpha value is -1.60. The van der Waals surface area contributed by atoms with E-state index in [1.54, 1.807) is 12.1 Å². The molecule has 112 valence electrons. The van der Waals surface area contributed by atoms with Gasteiger partial charge in [0, 0.05) is 11.5 Å². The molecule has 2 N–H and O–H groups in total. The summed E-state index contributed by atoms with van der Waals surface area (Å²) in [6, 6.07) is 9.26. The minimum atomic E-state index is -3.84. The number of nitrogen functional groups attached to an aromatic ring is 1. The van der Waals surface area contributed by atoms with Crippen LogP contribution in [0.5, 0.6) is 0 Å². The second-order valence-corrected chi connectivity index (χ2v) is 7.36. The third-order valence-electron chi connectivity index (χ3n) is 3.14. The van der Waals surface area contributed by atoms with Crippen molar-refractivity contribution in [3.63, 3.8) is 0 Å². The van der Waals surface area contributed by atoms with Gasteiger partial charge in [0.15, 0.2) is 0 Å². The normalized spacial score (nSPS) is 11.4. The molecule has 21 heavy (non-hydrogen) atoms. The van der Waals surface area contributed by atoms with E-state index in [4.69, 9.17) is 5.73 Å².